The molecule has 136 valence electrons. The number of hydrogen-bond donors (Lipinski definition) is 2. The molecular weight excluding hydrogens is 324 g/mol. The number of aryl methyl sites for hydroxylation is 2. The molecule has 4 heteroatoms. The molecule has 2 aromatic rings. The summed E-state index contributed by atoms with van der Waals surface area (Å²) in [4.78, 5) is 14.5. The van der Waals surface area contributed by atoms with Gasteiger partial charge in [0.05, 0.1) is 5.60 Å². The molecule has 2 aromatic carbocycles. The molecule has 0 unspecified atom stereocenters. The zero-order valence-corrected chi connectivity index (χ0v) is 15.4. The maximum absolute atomic E-state index is 12.6. The molecule has 4 rings (SSSR count). The van der Waals surface area contributed by atoms with E-state index in [1.807, 2.05) is 54.3 Å². The van der Waals surface area contributed by atoms with E-state index in [2.05, 4.69) is 18.3 Å². The average molecular weight is 350 g/mol. The van der Waals surface area contributed by atoms with Gasteiger partial charge in [-0.15, -0.1) is 0 Å². The van der Waals surface area contributed by atoms with Gasteiger partial charge in [-0.1, -0.05) is 42.0 Å². The summed E-state index contributed by atoms with van der Waals surface area (Å²) in [5.74, 6) is 0.728. The summed E-state index contributed by atoms with van der Waals surface area (Å²) in [6, 6.07) is 15.9. The minimum atomic E-state index is -0.750. The average Bonchev–Trinajstić information content (AvgIpc) is 3.13. The van der Waals surface area contributed by atoms with Crippen LogP contribution in [-0.2, 0) is 5.60 Å². The molecule has 1 saturated carbocycles. The predicted molar refractivity (Wildman–Crippen MR) is 103 cm³/mol. The normalized spacial score (nSPS) is 27.4. The van der Waals surface area contributed by atoms with Crippen molar-refractivity contribution in [3.05, 3.63) is 65.2 Å². The monoisotopic (exact) mass is 350 g/mol. The molecule has 0 bridgehead atoms. The zero-order chi connectivity index (χ0) is 18.3. The van der Waals surface area contributed by atoms with Crippen LogP contribution in [0.2, 0.25) is 0 Å². The minimum absolute atomic E-state index is 0.0392. The lowest BCUT2D eigenvalue weighted by Gasteiger charge is -2.28. The number of carbonyl (C=O) groups is 1. The van der Waals surface area contributed by atoms with Gasteiger partial charge in [0.25, 0.3) is 0 Å². The molecule has 4 nitrogen and oxygen atoms in total. The third kappa shape index (κ3) is 3.10. The molecule has 3 atom stereocenters. The molecule has 1 saturated heterocycles. The zero-order valence-electron chi connectivity index (χ0n) is 15.4. The van der Waals surface area contributed by atoms with E-state index in [1.165, 1.54) is 5.56 Å². The van der Waals surface area contributed by atoms with E-state index in [9.17, 15) is 9.90 Å². The lowest BCUT2D eigenvalue weighted by molar-refractivity contribution is 0.0322. The molecular formula is C22H26N2O2. The second-order valence-corrected chi connectivity index (χ2v) is 7.98. The minimum Gasteiger partial charge on any atom is -0.385 e. The molecule has 26 heavy (non-hydrogen) atoms. The van der Waals surface area contributed by atoms with Gasteiger partial charge in [-0.25, -0.2) is 4.79 Å². The largest absolute Gasteiger partial charge is 0.385 e. The van der Waals surface area contributed by atoms with Gasteiger partial charge in [-0.2, -0.15) is 0 Å². The van der Waals surface area contributed by atoms with Gasteiger partial charge >= 0.3 is 6.03 Å². The van der Waals surface area contributed by atoms with Crippen LogP contribution in [0.15, 0.2) is 48.5 Å². The van der Waals surface area contributed by atoms with Crippen LogP contribution in [0.4, 0.5) is 10.5 Å². The van der Waals surface area contributed by atoms with Crippen molar-refractivity contribution in [1.29, 1.82) is 0 Å². The van der Waals surface area contributed by atoms with Crippen molar-refractivity contribution in [1.82, 2.24) is 4.90 Å². The second-order valence-electron chi connectivity index (χ2n) is 7.98. The fourth-order valence-corrected chi connectivity index (χ4v) is 4.67. The van der Waals surface area contributed by atoms with Gasteiger partial charge in [0, 0.05) is 18.8 Å². The van der Waals surface area contributed by atoms with Crippen LogP contribution < -0.4 is 5.32 Å². The van der Waals surface area contributed by atoms with Crippen molar-refractivity contribution in [3.63, 3.8) is 0 Å². The molecule has 1 aliphatic carbocycles. The van der Waals surface area contributed by atoms with E-state index in [-0.39, 0.29) is 6.03 Å². The Morgan fingerprint density at radius 1 is 1.04 bits per heavy atom. The first-order valence-electron chi connectivity index (χ1n) is 9.36. The van der Waals surface area contributed by atoms with Crippen LogP contribution in [-0.4, -0.2) is 29.1 Å². The van der Waals surface area contributed by atoms with Crippen molar-refractivity contribution in [2.45, 2.75) is 32.3 Å². The first-order chi connectivity index (χ1) is 12.4. The van der Waals surface area contributed by atoms with Crippen LogP contribution in [0.25, 0.3) is 0 Å². The molecule has 1 heterocycles. The fraction of sp³-hybridized carbons (Fsp3) is 0.409. The molecule has 0 radical (unpaired) electrons. The van der Waals surface area contributed by atoms with Crippen LogP contribution in [0.5, 0.6) is 0 Å². The fourth-order valence-electron chi connectivity index (χ4n) is 4.67. The standard InChI is InChI=1S/C22H26N2O2/c1-15-7-9-19(10-8-15)23-21(25)24-13-17-11-22(26,12-18(17)14-24)20-6-4-3-5-16(20)2/h3-10,17-18,26H,11-14H2,1-2H3,(H,23,25)/t17-,18+,22-. The predicted octanol–water partition coefficient (Wildman–Crippen LogP) is 4.06. The highest BCUT2D eigenvalue weighted by Gasteiger charge is 2.50. The third-order valence-electron chi connectivity index (χ3n) is 6.01. The van der Waals surface area contributed by atoms with Gasteiger partial charge in [0.1, 0.15) is 0 Å². The molecule has 0 spiro atoms. The van der Waals surface area contributed by atoms with Crippen molar-refractivity contribution in [2.24, 2.45) is 11.8 Å². The van der Waals surface area contributed by atoms with Crippen molar-refractivity contribution < 1.29 is 9.90 Å². The van der Waals surface area contributed by atoms with Gasteiger partial charge in [0.2, 0.25) is 0 Å². The molecule has 2 N–H and O–H groups in total. The third-order valence-corrected chi connectivity index (χ3v) is 6.01. The number of anilines is 1. The number of hydrogen-bond acceptors (Lipinski definition) is 2. The van der Waals surface area contributed by atoms with E-state index in [0.717, 1.165) is 42.7 Å². The van der Waals surface area contributed by atoms with Crippen molar-refractivity contribution in [3.8, 4) is 0 Å². The Kier molecular flexibility index (Phi) is 4.23. The van der Waals surface area contributed by atoms with E-state index >= 15 is 0 Å². The highest BCUT2D eigenvalue weighted by molar-refractivity contribution is 5.89. The lowest BCUT2D eigenvalue weighted by Crippen LogP contribution is -2.35. The SMILES string of the molecule is Cc1ccc(NC(=O)N2C[C@@H]3C[C@@](O)(c4ccccc4C)C[C@@H]3C2)cc1. The van der Waals surface area contributed by atoms with E-state index in [0.29, 0.717) is 11.8 Å². The molecule has 2 fully saturated rings. The van der Waals surface area contributed by atoms with Gasteiger partial charge in [-0.3, -0.25) is 0 Å². The molecule has 0 aromatic heterocycles. The number of rotatable bonds is 2. The Morgan fingerprint density at radius 2 is 1.65 bits per heavy atom. The van der Waals surface area contributed by atoms with Crippen molar-refractivity contribution >= 4 is 11.7 Å². The number of fused-ring (bicyclic) bond motifs is 1. The summed E-state index contributed by atoms with van der Waals surface area (Å²) in [5.41, 5.74) is 3.44. The second kappa shape index (κ2) is 6.44. The summed E-state index contributed by atoms with van der Waals surface area (Å²) in [6.07, 6.45) is 1.47. The Balaban J connectivity index is 1.41. The number of benzene rings is 2. The van der Waals surface area contributed by atoms with Crippen molar-refractivity contribution in [2.75, 3.05) is 18.4 Å². The molecule has 2 aliphatic rings. The number of likely N-dealkylation sites (tertiary alicyclic amines) is 1. The Labute approximate surface area is 154 Å². The van der Waals surface area contributed by atoms with E-state index in [1.54, 1.807) is 0 Å². The highest BCUT2D eigenvalue weighted by Crippen LogP contribution is 2.49. The maximum atomic E-state index is 12.6. The number of nitrogens with one attached hydrogen (secondary N) is 1. The van der Waals surface area contributed by atoms with Crippen LogP contribution >= 0.6 is 0 Å². The van der Waals surface area contributed by atoms with E-state index in [4.69, 9.17) is 0 Å². The maximum Gasteiger partial charge on any atom is 0.321 e. The van der Waals surface area contributed by atoms with E-state index < -0.39 is 5.60 Å². The topological polar surface area (TPSA) is 52.6 Å². The number of amides is 2. The number of urea groups is 1. The summed E-state index contributed by atoms with van der Waals surface area (Å²) < 4.78 is 0. The van der Waals surface area contributed by atoms with Gasteiger partial charge < -0.3 is 15.3 Å². The Morgan fingerprint density at radius 3 is 2.27 bits per heavy atom. The Hall–Kier alpha value is -2.33. The summed E-state index contributed by atoms with van der Waals surface area (Å²) in [7, 11) is 0. The number of carbonyl (C=O) groups excluding carboxylic acids is 1. The summed E-state index contributed by atoms with van der Waals surface area (Å²) in [5, 5.41) is 14.2. The summed E-state index contributed by atoms with van der Waals surface area (Å²) in [6.45, 7) is 5.53. The first kappa shape index (κ1) is 17.1. The first-order valence-corrected chi connectivity index (χ1v) is 9.36. The smallest absolute Gasteiger partial charge is 0.321 e. The molecule has 1 aliphatic heterocycles. The van der Waals surface area contributed by atoms with Gasteiger partial charge in [-0.05, 0) is 61.8 Å². The summed E-state index contributed by atoms with van der Waals surface area (Å²) >= 11 is 0. The highest BCUT2D eigenvalue weighted by atomic mass is 16.3. The quantitative estimate of drug-likeness (QED) is 0.858. The van der Waals surface area contributed by atoms with Crippen LogP contribution in [0, 0.1) is 25.7 Å². The molecule has 2 amide bonds. The van der Waals surface area contributed by atoms with Gasteiger partial charge in [0.15, 0.2) is 0 Å². The number of aliphatic hydroxyl groups is 1. The Bertz CT molecular complexity index is 801. The van der Waals surface area contributed by atoms with Crippen LogP contribution in [0.3, 0.4) is 0 Å². The van der Waals surface area contributed by atoms with Crippen LogP contribution in [0.1, 0.15) is 29.5 Å². The number of nitrogens with zero attached hydrogens (tertiary/aromatic N) is 1. The lowest BCUT2D eigenvalue weighted by atomic mass is 9.87.